The molecule has 1 aromatic heterocycles. The van der Waals surface area contributed by atoms with Crippen LogP contribution in [0.4, 0.5) is 13.2 Å². The van der Waals surface area contributed by atoms with Crippen LogP contribution in [0.25, 0.3) is 11.3 Å². The van der Waals surface area contributed by atoms with E-state index in [2.05, 4.69) is 32.3 Å². The van der Waals surface area contributed by atoms with Gasteiger partial charge in [-0.05, 0) is 30.0 Å². The van der Waals surface area contributed by atoms with Gasteiger partial charge in [0.15, 0.2) is 0 Å². The van der Waals surface area contributed by atoms with Crippen molar-refractivity contribution in [3.05, 3.63) is 48.5 Å². The van der Waals surface area contributed by atoms with Crippen molar-refractivity contribution in [2.75, 3.05) is 0 Å². The first kappa shape index (κ1) is 15.6. The Kier molecular flexibility index (Phi) is 4.12. The van der Waals surface area contributed by atoms with Crippen LogP contribution in [-0.4, -0.2) is 9.78 Å². The lowest BCUT2D eigenvalue weighted by molar-refractivity contribution is -0.137. The van der Waals surface area contributed by atoms with Crippen molar-refractivity contribution >= 4 is 0 Å². The van der Waals surface area contributed by atoms with Crippen molar-refractivity contribution < 1.29 is 13.2 Å². The van der Waals surface area contributed by atoms with E-state index in [0.29, 0.717) is 17.8 Å². The summed E-state index contributed by atoms with van der Waals surface area (Å²) in [6, 6.07) is 6.86. The third kappa shape index (κ3) is 4.34. The smallest absolute Gasteiger partial charge is 0.272 e. The van der Waals surface area contributed by atoms with Gasteiger partial charge in [0.2, 0.25) is 0 Å². The minimum Gasteiger partial charge on any atom is -0.272 e. The Morgan fingerprint density at radius 2 is 1.67 bits per heavy atom. The maximum absolute atomic E-state index is 12.5. The summed E-state index contributed by atoms with van der Waals surface area (Å²) in [5.41, 5.74) is 0.802. The number of hydrogen-bond acceptors (Lipinski definition) is 1. The van der Waals surface area contributed by atoms with E-state index in [-0.39, 0.29) is 5.41 Å². The van der Waals surface area contributed by atoms with Crippen LogP contribution in [0, 0.1) is 11.8 Å². The summed E-state index contributed by atoms with van der Waals surface area (Å²) in [6.45, 7) is 6.98. The highest BCUT2D eigenvalue weighted by molar-refractivity contribution is 5.59. The predicted octanol–water partition coefficient (Wildman–Crippen LogP) is 4.82. The molecule has 1 radical (unpaired) electrons. The Labute approximate surface area is 122 Å². The summed E-state index contributed by atoms with van der Waals surface area (Å²) in [4.78, 5) is 0. The van der Waals surface area contributed by atoms with Crippen LogP contribution in [-0.2, 0) is 12.7 Å². The van der Waals surface area contributed by atoms with Crippen molar-refractivity contribution in [1.29, 1.82) is 0 Å². The van der Waals surface area contributed by atoms with Crippen LogP contribution in [0.5, 0.6) is 0 Å². The molecule has 0 aliphatic heterocycles. The molecule has 1 heterocycles. The quantitative estimate of drug-likeness (QED) is 0.794. The third-order valence-electron chi connectivity index (χ3n) is 3.04. The highest BCUT2D eigenvalue weighted by atomic mass is 19.4. The van der Waals surface area contributed by atoms with E-state index in [1.165, 1.54) is 12.1 Å². The SMILES string of the molecule is CC(C)(C)[CH]Cn1ccc(-c2ccc(C(F)(F)F)cc2)n1. The van der Waals surface area contributed by atoms with E-state index in [1.54, 1.807) is 10.7 Å². The fourth-order valence-electron chi connectivity index (χ4n) is 1.81. The molecule has 5 heteroatoms. The molecular formula is C16H18F3N2. The number of aromatic nitrogens is 2. The second-order valence-electron chi connectivity index (χ2n) is 6.07. The monoisotopic (exact) mass is 295 g/mol. The molecule has 2 rings (SSSR count). The molecule has 2 nitrogen and oxygen atoms in total. The second-order valence-corrected chi connectivity index (χ2v) is 6.07. The maximum Gasteiger partial charge on any atom is 0.416 e. The zero-order valence-corrected chi connectivity index (χ0v) is 12.3. The van der Waals surface area contributed by atoms with Crippen LogP contribution >= 0.6 is 0 Å². The molecule has 0 amide bonds. The van der Waals surface area contributed by atoms with Crippen LogP contribution in [0.3, 0.4) is 0 Å². The molecule has 1 aromatic carbocycles. The predicted molar refractivity (Wildman–Crippen MR) is 76.4 cm³/mol. The van der Waals surface area contributed by atoms with Crippen LogP contribution in [0.2, 0.25) is 0 Å². The highest BCUT2D eigenvalue weighted by Gasteiger charge is 2.30. The van der Waals surface area contributed by atoms with Crippen molar-refractivity contribution in [3.8, 4) is 11.3 Å². The van der Waals surface area contributed by atoms with Gasteiger partial charge in [-0.15, -0.1) is 0 Å². The normalized spacial score (nSPS) is 12.7. The van der Waals surface area contributed by atoms with Crippen molar-refractivity contribution in [2.45, 2.75) is 33.5 Å². The van der Waals surface area contributed by atoms with Gasteiger partial charge >= 0.3 is 6.18 Å². The van der Waals surface area contributed by atoms with E-state index >= 15 is 0 Å². The molecule has 0 unspecified atom stereocenters. The Morgan fingerprint density at radius 3 is 2.19 bits per heavy atom. The molecule has 0 aliphatic rings. The number of halogens is 3. The van der Waals surface area contributed by atoms with Crippen molar-refractivity contribution in [2.24, 2.45) is 5.41 Å². The van der Waals surface area contributed by atoms with Gasteiger partial charge in [-0.3, -0.25) is 4.68 Å². The van der Waals surface area contributed by atoms with Crippen LogP contribution in [0.1, 0.15) is 26.3 Å². The molecule has 113 valence electrons. The number of nitrogens with zero attached hydrogens (tertiary/aromatic N) is 2. The van der Waals surface area contributed by atoms with Crippen molar-refractivity contribution in [3.63, 3.8) is 0 Å². The lowest BCUT2D eigenvalue weighted by atomic mass is 9.92. The Hall–Kier alpha value is -1.78. The molecule has 0 fully saturated rings. The van der Waals surface area contributed by atoms with Gasteiger partial charge in [0, 0.05) is 18.3 Å². The first-order chi connectivity index (χ1) is 9.65. The molecule has 21 heavy (non-hydrogen) atoms. The molecule has 0 aliphatic carbocycles. The highest BCUT2D eigenvalue weighted by Crippen LogP contribution is 2.30. The van der Waals surface area contributed by atoms with E-state index < -0.39 is 11.7 Å². The first-order valence-corrected chi connectivity index (χ1v) is 6.71. The van der Waals surface area contributed by atoms with Gasteiger partial charge in [-0.25, -0.2) is 0 Å². The van der Waals surface area contributed by atoms with Gasteiger partial charge in [0.1, 0.15) is 0 Å². The first-order valence-electron chi connectivity index (χ1n) is 6.71. The van der Waals surface area contributed by atoms with Gasteiger partial charge in [-0.2, -0.15) is 18.3 Å². The topological polar surface area (TPSA) is 17.8 Å². The van der Waals surface area contributed by atoms with Crippen molar-refractivity contribution in [1.82, 2.24) is 9.78 Å². The molecule has 2 aromatic rings. The fraction of sp³-hybridized carbons (Fsp3) is 0.375. The summed E-state index contributed by atoms with van der Waals surface area (Å²) >= 11 is 0. The summed E-state index contributed by atoms with van der Waals surface area (Å²) in [7, 11) is 0. The summed E-state index contributed by atoms with van der Waals surface area (Å²) in [6.07, 6.45) is -0.342. The molecule has 0 saturated heterocycles. The van der Waals surface area contributed by atoms with E-state index in [4.69, 9.17) is 0 Å². The molecule has 0 bridgehead atoms. The molecular weight excluding hydrogens is 277 g/mol. The molecule has 0 spiro atoms. The van der Waals surface area contributed by atoms with E-state index in [0.717, 1.165) is 12.1 Å². The standard InChI is InChI=1S/C16H18F3N2/c1-15(2,3)9-11-21-10-8-14(20-21)12-4-6-13(7-5-12)16(17,18)19/h4-10H,11H2,1-3H3. The van der Waals surface area contributed by atoms with Gasteiger partial charge in [0.05, 0.1) is 11.3 Å². The zero-order chi connectivity index (χ0) is 15.7. The van der Waals surface area contributed by atoms with Crippen LogP contribution in [0.15, 0.2) is 36.5 Å². The summed E-state index contributed by atoms with van der Waals surface area (Å²) < 4.78 is 39.3. The van der Waals surface area contributed by atoms with E-state index in [9.17, 15) is 13.2 Å². The summed E-state index contributed by atoms with van der Waals surface area (Å²) in [5.74, 6) is 0. The van der Waals surface area contributed by atoms with Crippen LogP contribution < -0.4 is 0 Å². The van der Waals surface area contributed by atoms with Gasteiger partial charge in [0.25, 0.3) is 0 Å². The Bertz CT molecular complexity index is 589. The lowest BCUT2D eigenvalue weighted by Gasteiger charge is -2.16. The number of benzene rings is 1. The molecule has 0 atom stereocenters. The summed E-state index contributed by atoms with van der Waals surface area (Å²) in [5, 5.41) is 4.38. The third-order valence-corrected chi connectivity index (χ3v) is 3.04. The number of rotatable bonds is 3. The van der Waals surface area contributed by atoms with Gasteiger partial charge < -0.3 is 0 Å². The van der Waals surface area contributed by atoms with Gasteiger partial charge in [-0.1, -0.05) is 32.9 Å². The Morgan fingerprint density at radius 1 is 1.05 bits per heavy atom. The largest absolute Gasteiger partial charge is 0.416 e. The second kappa shape index (κ2) is 5.54. The Balaban J connectivity index is 2.11. The maximum atomic E-state index is 12.5. The fourth-order valence-corrected chi connectivity index (χ4v) is 1.81. The number of hydrogen-bond donors (Lipinski definition) is 0. The van der Waals surface area contributed by atoms with E-state index in [1.807, 2.05) is 6.20 Å². The average molecular weight is 295 g/mol. The minimum absolute atomic E-state index is 0.0977. The molecule has 0 N–H and O–H groups in total. The number of alkyl halides is 3. The lowest BCUT2D eigenvalue weighted by Crippen LogP contribution is -2.11. The minimum atomic E-state index is -4.31. The zero-order valence-electron chi connectivity index (χ0n) is 12.3. The average Bonchev–Trinajstić information content (AvgIpc) is 2.83. The molecule has 0 saturated carbocycles.